The minimum absolute atomic E-state index is 0.197. The van der Waals surface area contributed by atoms with Crippen molar-refractivity contribution >= 4 is 35.2 Å². The monoisotopic (exact) mass is 442 g/mol. The molecule has 1 aliphatic heterocycles. The second kappa shape index (κ2) is 9.82. The molecule has 1 fully saturated rings. The van der Waals surface area contributed by atoms with Gasteiger partial charge >= 0.3 is 6.09 Å². The molecule has 0 aromatic heterocycles. The molecular formula is C26H22N2O5. The second-order valence-electron chi connectivity index (χ2n) is 7.32. The van der Waals surface area contributed by atoms with E-state index in [9.17, 15) is 14.4 Å². The molecule has 1 aliphatic rings. The Balaban J connectivity index is 1.43. The number of methoxy groups -OCH3 is 1. The van der Waals surface area contributed by atoms with Crippen LogP contribution in [-0.4, -0.2) is 38.0 Å². The predicted molar refractivity (Wildman–Crippen MR) is 126 cm³/mol. The highest BCUT2D eigenvalue weighted by atomic mass is 16.6. The Labute approximate surface area is 191 Å². The Morgan fingerprint density at radius 2 is 1.79 bits per heavy atom. The minimum atomic E-state index is -0.413. The van der Waals surface area contributed by atoms with Gasteiger partial charge in [-0.25, -0.2) is 4.79 Å². The summed E-state index contributed by atoms with van der Waals surface area (Å²) >= 11 is 0. The van der Waals surface area contributed by atoms with Crippen molar-refractivity contribution < 1.29 is 23.9 Å². The molecular weight excluding hydrogens is 420 g/mol. The van der Waals surface area contributed by atoms with Crippen molar-refractivity contribution in [2.24, 2.45) is 0 Å². The summed E-state index contributed by atoms with van der Waals surface area (Å²) in [7, 11) is 1.57. The summed E-state index contributed by atoms with van der Waals surface area (Å²) in [5.74, 6) is 0.235. The van der Waals surface area contributed by atoms with Crippen LogP contribution in [0.5, 0.6) is 5.75 Å². The lowest BCUT2D eigenvalue weighted by Crippen LogP contribution is -2.23. The molecule has 3 aromatic rings. The molecule has 0 unspecified atom stereocenters. The molecule has 4 rings (SSSR count). The van der Waals surface area contributed by atoms with Crippen molar-refractivity contribution in [1.29, 1.82) is 0 Å². The Hall–Kier alpha value is -4.39. The Kier molecular flexibility index (Phi) is 6.50. The van der Waals surface area contributed by atoms with Crippen LogP contribution < -0.4 is 15.0 Å². The van der Waals surface area contributed by atoms with E-state index in [-0.39, 0.29) is 11.7 Å². The highest BCUT2D eigenvalue weighted by Crippen LogP contribution is 2.21. The molecule has 1 heterocycles. The lowest BCUT2D eigenvalue weighted by molar-refractivity contribution is 0.102. The van der Waals surface area contributed by atoms with Gasteiger partial charge in [0.1, 0.15) is 12.4 Å². The van der Waals surface area contributed by atoms with Crippen LogP contribution in [0.1, 0.15) is 26.3 Å². The normalized spacial score (nSPS) is 13.1. The van der Waals surface area contributed by atoms with Gasteiger partial charge in [-0.2, -0.15) is 0 Å². The van der Waals surface area contributed by atoms with E-state index < -0.39 is 6.09 Å². The number of ether oxygens (including phenoxy) is 2. The van der Waals surface area contributed by atoms with Crippen LogP contribution in [-0.2, 0) is 4.74 Å². The van der Waals surface area contributed by atoms with Crippen LogP contribution in [0.15, 0.2) is 78.9 Å². The van der Waals surface area contributed by atoms with Crippen molar-refractivity contribution in [2.45, 2.75) is 0 Å². The Morgan fingerprint density at radius 3 is 2.52 bits per heavy atom. The third-order valence-electron chi connectivity index (χ3n) is 5.13. The van der Waals surface area contributed by atoms with Crippen LogP contribution in [0.3, 0.4) is 0 Å². The highest BCUT2D eigenvalue weighted by molar-refractivity contribution is 6.08. The molecule has 0 saturated carbocycles. The van der Waals surface area contributed by atoms with Gasteiger partial charge in [0.25, 0.3) is 5.91 Å². The number of ketones is 1. The maximum Gasteiger partial charge on any atom is 0.414 e. The molecule has 0 radical (unpaired) electrons. The molecule has 1 saturated heterocycles. The summed E-state index contributed by atoms with van der Waals surface area (Å²) in [6.45, 7) is 0.795. The number of carbonyl (C=O) groups is 3. The number of hydrogen-bond donors (Lipinski definition) is 1. The zero-order valence-electron chi connectivity index (χ0n) is 18.0. The Morgan fingerprint density at radius 1 is 1.00 bits per heavy atom. The number of nitrogens with zero attached hydrogens (tertiary/aromatic N) is 1. The topological polar surface area (TPSA) is 84.9 Å². The largest absolute Gasteiger partial charge is 0.497 e. The first-order chi connectivity index (χ1) is 16.0. The van der Waals surface area contributed by atoms with Gasteiger partial charge in [0.05, 0.1) is 13.7 Å². The predicted octanol–water partition coefficient (Wildman–Crippen LogP) is 4.80. The second-order valence-corrected chi connectivity index (χ2v) is 7.32. The van der Waals surface area contributed by atoms with Crippen molar-refractivity contribution in [2.75, 3.05) is 30.5 Å². The fourth-order valence-corrected chi connectivity index (χ4v) is 3.39. The summed E-state index contributed by atoms with van der Waals surface area (Å²) in [6, 6.07) is 20.9. The van der Waals surface area contributed by atoms with E-state index >= 15 is 0 Å². The summed E-state index contributed by atoms with van der Waals surface area (Å²) in [4.78, 5) is 38.4. The lowest BCUT2D eigenvalue weighted by Gasteiger charge is -2.13. The van der Waals surface area contributed by atoms with Crippen molar-refractivity contribution in [3.8, 4) is 5.75 Å². The van der Waals surface area contributed by atoms with E-state index in [1.807, 2.05) is 6.07 Å². The van der Waals surface area contributed by atoms with Gasteiger partial charge < -0.3 is 14.8 Å². The molecule has 1 N–H and O–H groups in total. The number of anilines is 2. The first-order valence-corrected chi connectivity index (χ1v) is 10.4. The van der Waals surface area contributed by atoms with Gasteiger partial charge in [-0.1, -0.05) is 30.3 Å². The standard InChI is InChI=1S/C26H22N2O5/c1-32-23-11-9-19(10-12-23)25(30)27-21-6-2-4-18(16-21)8-13-24(29)20-5-3-7-22(17-20)28-14-15-33-26(28)31/h2-13,16-17H,14-15H2,1H3,(H,27,30)/b13-8+. The minimum Gasteiger partial charge on any atom is -0.497 e. The smallest absolute Gasteiger partial charge is 0.414 e. The van der Waals surface area contributed by atoms with E-state index in [4.69, 9.17) is 9.47 Å². The van der Waals surface area contributed by atoms with Gasteiger partial charge in [-0.05, 0) is 60.2 Å². The molecule has 33 heavy (non-hydrogen) atoms. The molecule has 0 spiro atoms. The quantitative estimate of drug-likeness (QED) is 0.420. The molecule has 0 bridgehead atoms. The van der Waals surface area contributed by atoms with E-state index in [0.717, 1.165) is 5.56 Å². The molecule has 0 atom stereocenters. The SMILES string of the molecule is COc1ccc(C(=O)Nc2cccc(/C=C/C(=O)c3cccc(N4CCOC4=O)c3)c2)cc1. The number of cyclic esters (lactones) is 1. The summed E-state index contributed by atoms with van der Waals surface area (Å²) in [5.41, 5.74) is 2.97. The van der Waals surface area contributed by atoms with Crippen molar-refractivity contribution in [3.05, 3.63) is 95.6 Å². The number of amides is 2. The van der Waals surface area contributed by atoms with Crippen molar-refractivity contribution in [1.82, 2.24) is 0 Å². The molecule has 7 nitrogen and oxygen atoms in total. The van der Waals surface area contributed by atoms with Crippen LogP contribution in [0.2, 0.25) is 0 Å². The summed E-state index contributed by atoms with van der Waals surface area (Å²) in [6.07, 6.45) is 2.73. The number of allylic oxidation sites excluding steroid dienone is 1. The number of benzene rings is 3. The van der Waals surface area contributed by atoms with Crippen LogP contribution in [0.4, 0.5) is 16.2 Å². The molecule has 3 aromatic carbocycles. The van der Waals surface area contributed by atoms with Gasteiger partial charge in [0, 0.05) is 22.5 Å². The average Bonchev–Trinajstić information content (AvgIpc) is 3.28. The number of nitrogens with one attached hydrogen (secondary N) is 1. The summed E-state index contributed by atoms with van der Waals surface area (Å²) in [5, 5.41) is 2.85. The fourth-order valence-electron chi connectivity index (χ4n) is 3.39. The zero-order valence-corrected chi connectivity index (χ0v) is 18.0. The molecule has 0 aliphatic carbocycles. The van der Waals surface area contributed by atoms with Gasteiger partial charge in [-0.3, -0.25) is 14.5 Å². The lowest BCUT2D eigenvalue weighted by atomic mass is 10.1. The van der Waals surface area contributed by atoms with E-state index in [1.54, 1.807) is 79.9 Å². The zero-order chi connectivity index (χ0) is 23.2. The van der Waals surface area contributed by atoms with Crippen LogP contribution in [0, 0.1) is 0 Å². The fraction of sp³-hybridized carbons (Fsp3) is 0.115. The number of carbonyl (C=O) groups excluding carboxylic acids is 3. The van der Waals surface area contributed by atoms with Crippen molar-refractivity contribution in [3.63, 3.8) is 0 Å². The molecule has 166 valence electrons. The first-order valence-electron chi connectivity index (χ1n) is 10.4. The first kappa shape index (κ1) is 21.8. The van der Waals surface area contributed by atoms with E-state index in [1.165, 1.54) is 11.0 Å². The van der Waals surface area contributed by atoms with Gasteiger partial charge in [0.15, 0.2) is 5.78 Å². The number of rotatable bonds is 7. The van der Waals surface area contributed by atoms with Gasteiger partial charge in [0.2, 0.25) is 0 Å². The van der Waals surface area contributed by atoms with E-state index in [0.29, 0.717) is 41.4 Å². The van der Waals surface area contributed by atoms with Gasteiger partial charge in [-0.15, -0.1) is 0 Å². The van der Waals surface area contributed by atoms with Crippen LogP contribution in [0.25, 0.3) is 6.08 Å². The Bertz CT molecular complexity index is 1220. The third-order valence-corrected chi connectivity index (χ3v) is 5.13. The third kappa shape index (κ3) is 5.27. The molecule has 2 amide bonds. The van der Waals surface area contributed by atoms with Crippen LogP contribution >= 0.6 is 0 Å². The highest BCUT2D eigenvalue weighted by Gasteiger charge is 2.23. The maximum atomic E-state index is 12.7. The average molecular weight is 442 g/mol. The molecule has 7 heteroatoms. The maximum absolute atomic E-state index is 12.7. The summed E-state index contributed by atoms with van der Waals surface area (Å²) < 4.78 is 10.1. The number of hydrogen-bond acceptors (Lipinski definition) is 5. The van der Waals surface area contributed by atoms with E-state index in [2.05, 4.69) is 5.32 Å².